The van der Waals surface area contributed by atoms with Gasteiger partial charge in [0.25, 0.3) is 0 Å². The monoisotopic (exact) mass is 258 g/mol. The van der Waals surface area contributed by atoms with Crippen molar-refractivity contribution in [2.24, 2.45) is 5.92 Å². The summed E-state index contributed by atoms with van der Waals surface area (Å²) in [5, 5.41) is 15.3. The van der Waals surface area contributed by atoms with E-state index >= 15 is 0 Å². The second kappa shape index (κ2) is 6.15. The summed E-state index contributed by atoms with van der Waals surface area (Å²) in [4.78, 5) is 23.0. The molecule has 1 aliphatic rings. The summed E-state index contributed by atoms with van der Waals surface area (Å²) in [6.45, 7) is 5.97. The van der Waals surface area contributed by atoms with E-state index in [2.05, 4.69) is 10.6 Å². The van der Waals surface area contributed by atoms with Crippen LogP contribution in [-0.4, -0.2) is 48.3 Å². The zero-order chi connectivity index (χ0) is 13.8. The Morgan fingerprint density at radius 2 is 2.11 bits per heavy atom. The number of carbonyl (C=O) groups excluding carboxylic acids is 2. The molecule has 2 amide bonds. The number of hydrogen-bond donors (Lipinski definition) is 3. The lowest BCUT2D eigenvalue weighted by atomic mass is 10.0. The highest BCUT2D eigenvalue weighted by Gasteiger charge is 2.33. The van der Waals surface area contributed by atoms with E-state index in [-0.39, 0.29) is 30.9 Å². The van der Waals surface area contributed by atoms with Crippen LogP contribution in [0.15, 0.2) is 0 Å². The number of ether oxygens (including phenoxy) is 1. The molecule has 0 aromatic rings. The predicted molar refractivity (Wildman–Crippen MR) is 65.8 cm³/mol. The Balaban J connectivity index is 2.48. The van der Waals surface area contributed by atoms with Crippen LogP contribution in [0, 0.1) is 5.92 Å². The summed E-state index contributed by atoms with van der Waals surface area (Å²) in [6.07, 6.45) is 0.514. The number of nitrogens with one attached hydrogen (secondary N) is 2. The van der Waals surface area contributed by atoms with E-state index in [1.807, 2.05) is 13.8 Å². The Morgan fingerprint density at radius 1 is 1.44 bits per heavy atom. The summed E-state index contributed by atoms with van der Waals surface area (Å²) in [5.41, 5.74) is -0.979. The van der Waals surface area contributed by atoms with E-state index < -0.39 is 11.6 Å². The third kappa shape index (κ3) is 4.27. The van der Waals surface area contributed by atoms with E-state index in [1.165, 1.54) is 6.92 Å². The average molecular weight is 258 g/mol. The van der Waals surface area contributed by atoms with Crippen LogP contribution in [0.3, 0.4) is 0 Å². The lowest BCUT2D eigenvalue weighted by molar-refractivity contribution is -0.130. The summed E-state index contributed by atoms with van der Waals surface area (Å²) in [7, 11) is 0. The third-order valence-corrected chi connectivity index (χ3v) is 2.98. The van der Waals surface area contributed by atoms with Crippen LogP contribution in [0.5, 0.6) is 0 Å². The molecule has 3 N–H and O–H groups in total. The van der Waals surface area contributed by atoms with Gasteiger partial charge in [-0.3, -0.25) is 9.59 Å². The molecule has 0 radical (unpaired) electrons. The van der Waals surface area contributed by atoms with Crippen LogP contribution >= 0.6 is 0 Å². The van der Waals surface area contributed by atoms with Crippen molar-refractivity contribution in [1.29, 1.82) is 0 Å². The van der Waals surface area contributed by atoms with Gasteiger partial charge in [0.15, 0.2) is 0 Å². The minimum absolute atomic E-state index is 0.0108. The largest absolute Gasteiger partial charge is 0.386 e. The van der Waals surface area contributed by atoms with E-state index in [1.54, 1.807) is 0 Å². The Labute approximate surface area is 107 Å². The SMILES string of the molecule is CC(=O)NC(C(=O)NCC1(O)CCOC1)C(C)C. The first-order valence-electron chi connectivity index (χ1n) is 6.19. The standard InChI is InChI=1S/C12H22N2O4/c1-8(2)10(14-9(3)15)11(16)13-6-12(17)4-5-18-7-12/h8,10,17H,4-7H2,1-3H3,(H,13,16)(H,14,15). The fraction of sp³-hybridized carbons (Fsp3) is 0.833. The highest BCUT2D eigenvalue weighted by atomic mass is 16.5. The summed E-state index contributed by atoms with van der Waals surface area (Å²) >= 11 is 0. The fourth-order valence-electron chi connectivity index (χ4n) is 1.85. The zero-order valence-electron chi connectivity index (χ0n) is 11.2. The quantitative estimate of drug-likeness (QED) is 0.615. The lowest BCUT2D eigenvalue weighted by Gasteiger charge is -2.25. The molecule has 0 saturated carbocycles. The maximum absolute atomic E-state index is 11.9. The van der Waals surface area contributed by atoms with Crippen LogP contribution in [0.1, 0.15) is 27.2 Å². The van der Waals surface area contributed by atoms with Gasteiger partial charge in [-0.2, -0.15) is 0 Å². The molecule has 6 nitrogen and oxygen atoms in total. The summed E-state index contributed by atoms with van der Waals surface area (Å²) in [5.74, 6) is -0.532. The Hall–Kier alpha value is -1.14. The van der Waals surface area contributed by atoms with Gasteiger partial charge in [0.1, 0.15) is 11.6 Å². The van der Waals surface area contributed by atoms with Gasteiger partial charge in [-0.1, -0.05) is 13.8 Å². The van der Waals surface area contributed by atoms with Gasteiger partial charge in [-0.25, -0.2) is 0 Å². The van der Waals surface area contributed by atoms with Crippen LogP contribution in [0.2, 0.25) is 0 Å². The molecule has 6 heteroatoms. The highest BCUT2D eigenvalue weighted by molar-refractivity contribution is 5.87. The molecule has 0 aliphatic carbocycles. The Kier molecular flexibility index (Phi) is 5.10. The molecule has 0 bridgehead atoms. The second-order valence-electron chi connectivity index (χ2n) is 5.17. The molecule has 1 saturated heterocycles. The lowest BCUT2D eigenvalue weighted by Crippen LogP contribution is -2.52. The van der Waals surface area contributed by atoms with E-state index in [0.29, 0.717) is 13.0 Å². The molecule has 0 spiro atoms. The van der Waals surface area contributed by atoms with Gasteiger partial charge >= 0.3 is 0 Å². The third-order valence-electron chi connectivity index (χ3n) is 2.98. The molecule has 2 atom stereocenters. The van der Waals surface area contributed by atoms with Crippen LogP contribution in [-0.2, 0) is 14.3 Å². The van der Waals surface area contributed by atoms with E-state index in [0.717, 1.165) is 0 Å². The maximum Gasteiger partial charge on any atom is 0.242 e. The van der Waals surface area contributed by atoms with Gasteiger partial charge in [-0.05, 0) is 5.92 Å². The van der Waals surface area contributed by atoms with Crippen molar-refractivity contribution in [3.05, 3.63) is 0 Å². The minimum Gasteiger partial charge on any atom is -0.386 e. The molecular formula is C12H22N2O4. The number of rotatable bonds is 5. The van der Waals surface area contributed by atoms with Crippen molar-refractivity contribution >= 4 is 11.8 Å². The van der Waals surface area contributed by atoms with Crippen molar-refractivity contribution in [2.75, 3.05) is 19.8 Å². The first kappa shape index (κ1) is 14.9. The van der Waals surface area contributed by atoms with Gasteiger partial charge < -0.3 is 20.5 Å². The molecule has 1 aliphatic heterocycles. The van der Waals surface area contributed by atoms with Crippen molar-refractivity contribution in [3.8, 4) is 0 Å². The number of hydrogen-bond acceptors (Lipinski definition) is 4. The van der Waals surface area contributed by atoms with Crippen molar-refractivity contribution in [3.63, 3.8) is 0 Å². The van der Waals surface area contributed by atoms with Crippen molar-refractivity contribution in [1.82, 2.24) is 10.6 Å². The zero-order valence-corrected chi connectivity index (χ0v) is 11.2. The molecule has 1 fully saturated rings. The second-order valence-corrected chi connectivity index (χ2v) is 5.17. The molecule has 18 heavy (non-hydrogen) atoms. The minimum atomic E-state index is -0.979. The smallest absolute Gasteiger partial charge is 0.242 e. The number of amides is 2. The van der Waals surface area contributed by atoms with Crippen molar-refractivity contribution < 1.29 is 19.4 Å². The topological polar surface area (TPSA) is 87.7 Å². The van der Waals surface area contributed by atoms with Crippen LogP contribution < -0.4 is 10.6 Å². The van der Waals surface area contributed by atoms with Crippen LogP contribution in [0.25, 0.3) is 0 Å². The fourth-order valence-corrected chi connectivity index (χ4v) is 1.85. The molecule has 0 aromatic carbocycles. The molecule has 1 heterocycles. The molecule has 1 rings (SSSR count). The Bertz CT molecular complexity index is 311. The summed E-state index contributed by atoms with van der Waals surface area (Å²) in [6, 6.07) is -0.576. The normalized spacial score (nSPS) is 24.9. The predicted octanol–water partition coefficient (Wildman–Crippen LogP) is -0.585. The van der Waals surface area contributed by atoms with Gasteiger partial charge in [-0.15, -0.1) is 0 Å². The Morgan fingerprint density at radius 3 is 2.56 bits per heavy atom. The van der Waals surface area contributed by atoms with Gasteiger partial charge in [0.2, 0.25) is 11.8 Å². The van der Waals surface area contributed by atoms with Gasteiger partial charge in [0, 0.05) is 26.5 Å². The van der Waals surface area contributed by atoms with Crippen molar-refractivity contribution in [2.45, 2.75) is 38.8 Å². The molecular weight excluding hydrogens is 236 g/mol. The number of aliphatic hydroxyl groups is 1. The molecule has 0 aromatic heterocycles. The van der Waals surface area contributed by atoms with Gasteiger partial charge in [0.05, 0.1) is 6.61 Å². The molecule has 2 unspecified atom stereocenters. The highest BCUT2D eigenvalue weighted by Crippen LogP contribution is 2.17. The first-order chi connectivity index (χ1) is 8.34. The maximum atomic E-state index is 11.9. The average Bonchev–Trinajstić information content (AvgIpc) is 2.70. The van der Waals surface area contributed by atoms with E-state index in [4.69, 9.17) is 4.74 Å². The summed E-state index contributed by atoms with van der Waals surface area (Å²) < 4.78 is 5.09. The van der Waals surface area contributed by atoms with Crippen LogP contribution in [0.4, 0.5) is 0 Å². The number of carbonyl (C=O) groups is 2. The van der Waals surface area contributed by atoms with E-state index in [9.17, 15) is 14.7 Å². The molecule has 104 valence electrons. The first-order valence-corrected chi connectivity index (χ1v) is 6.19.